The van der Waals surface area contributed by atoms with Crippen LogP contribution in [0.15, 0.2) is 79.1 Å². The first-order valence-electron chi connectivity index (χ1n) is 15.0. The van der Waals surface area contributed by atoms with Crippen LogP contribution in [0, 0.1) is 5.92 Å². The average molecular weight is 566 g/mol. The molecule has 1 saturated carbocycles. The number of hydrogen-bond acceptors (Lipinski definition) is 4. The third-order valence-electron chi connectivity index (χ3n) is 8.20. The summed E-state index contributed by atoms with van der Waals surface area (Å²) in [4.78, 5) is 21.3. The van der Waals surface area contributed by atoms with Gasteiger partial charge in [-0.1, -0.05) is 74.2 Å². The summed E-state index contributed by atoms with van der Waals surface area (Å²) in [6.07, 6.45) is 9.40. The fourth-order valence-corrected chi connectivity index (χ4v) is 6.52. The molecule has 5 rings (SSSR count). The van der Waals surface area contributed by atoms with Crippen molar-refractivity contribution in [3.63, 3.8) is 0 Å². The molecule has 2 aromatic carbocycles. The van der Waals surface area contributed by atoms with Gasteiger partial charge in [0.05, 0.1) is 11.4 Å². The number of imidazole rings is 1. The lowest BCUT2D eigenvalue weighted by Gasteiger charge is -2.28. The maximum Gasteiger partial charge on any atom is 0.144 e. The number of carbonyl (C=O) groups excluding carboxylic acids is 1. The van der Waals surface area contributed by atoms with Gasteiger partial charge in [-0.15, -0.1) is 0 Å². The third kappa shape index (κ3) is 7.89. The third-order valence-corrected chi connectivity index (χ3v) is 9.90. The number of hydrogen-bond donors (Lipinski definition) is 0. The smallest absolute Gasteiger partial charge is 0.144 e. The minimum Gasteiger partial charge on any atom is -0.361 e. The summed E-state index contributed by atoms with van der Waals surface area (Å²) in [6, 6.07) is 24.5. The zero-order valence-electron chi connectivity index (χ0n) is 25.0. The van der Waals surface area contributed by atoms with Gasteiger partial charge in [-0.25, -0.2) is 4.98 Å². The average Bonchev–Trinajstić information content (AvgIpc) is 3.40. The number of Topliss-reactive ketones (excluding diaryl/α,β-unsaturated/α-hetero) is 1. The van der Waals surface area contributed by atoms with E-state index in [1.54, 1.807) is 6.92 Å². The number of rotatable bonds is 11. The summed E-state index contributed by atoms with van der Waals surface area (Å²) in [7, 11) is -1.15. The molecule has 0 saturated heterocycles. The Labute approximate surface area is 246 Å². The summed E-state index contributed by atoms with van der Waals surface area (Å²) >= 11 is 0. The molecule has 5 nitrogen and oxygen atoms in total. The van der Waals surface area contributed by atoms with Crippen molar-refractivity contribution in [1.82, 2.24) is 14.5 Å². The second-order valence-electron chi connectivity index (χ2n) is 12.8. The summed E-state index contributed by atoms with van der Waals surface area (Å²) in [6.45, 7) is 10.1. The number of benzene rings is 2. The molecule has 0 amide bonds. The van der Waals surface area contributed by atoms with E-state index >= 15 is 0 Å². The fraction of sp³-hybridized carbons (Fsp3) is 0.400. The van der Waals surface area contributed by atoms with E-state index in [-0.39, 0.29) is 0 Å². The Hall–Kier alpha value is -3.35. The van der Waals surface area contributed by atoms with Gasteiger partial charge in [-0.05, 0) is 68.2 Å². The molecule has 1 aliphatic carbocycles. The highest BCUT2D eigenvalue weighted by Crippen LogP contribution is 2.37. The molecule has 2 heterocycles. The molecule has 214 valence electrons. The van der Waals surface area contributed by atoms with Crippen molar-refractivity contribution in [2.75, 3.05) is 6.61 Å². The van der Waals surface area contributed by atoms with Gasteiger partial charge in [-0.3, -0.25) is 4.98 Å². The van der Waals surface area contributed by atoms with Crippen LogP contribution in [0.4, 0.5) is 0 Å². The summed E-state index contributed by atoms with van der Waals surface area (Å²) in [5, 5.41) is 0. The molecule has 2 aromatic heterocycles. The van der Waals surface area contributed by atoms with Crippen LogP contribution in [0.5, 0.6) is 0 Å². The lowest BCUT2D eigenvalue weighted by molar-refractivity contribution is -0.118. The molecule has 6 heteroatoms. The Kier molecular flexibility index (Phi) is 9.31. The van der Waals surface area contributed by atoms with Crippen molar-refractivity contribution < 1.29 is 9.53 Å². The van der Waals surface area contributed by atoms with Gasteiger partial charge in [0, 0.05) is 50.2 Å². The van der Waals surface area contributed by atoms with Crippen molar-refractivity contribution in [2.45, 2.75) is 77.4 Å². The largest absolute Gasteiger partial charge is 0.361 e. The predicted octanol–water partition coefficient (Wildman–Crippen LogP) is 8.84. The maximum absolute atomic E-state index is 11.5. The Balaban J connectivity index is 1.29. The van der Waals surface area contributed by atoms with E-state index < -0.39 is 8.07 Å². The quantitative estimate of drug-likeness (QED) is 0.135. The first-order chi connectivity index (χ1) is 19.7. The van der Waals surface area contributed by atoms with E-state index in [1.165, 1.54) is 18.4 Å². The molecule has 1 aliphatic rings. The Morgan fingerprint density at radius 3 is 2.20 bits per heavy atom. The molecular formula is C35H43N3O2Si. The molecular weight excluding hydrogens is 522 g/mol. The van der Waals surface area contributed by atoms with Crippen LogP contribution < -0.4 is 0 Å². The molecule has 0 bridgehead atoms. The number of aromatic nitrogens is 3. The number of pyridine rings is 1. The zero-order chi connectivity index (χ0) is 28.8. The van der Waals surface area contributed by atoms with Crippen LogP contribution in [0.25, 0.3) is 33.9 Å². The van der Waals surface area contributed by atoms with E-state index in [9.17, 15) is 4.79 Å². The van der Waals surface area contributed by atoms with Gasteiger partial charge in [0.1, 0.15) is 18.3 Å². The topological polar surface area (TPSA) is 57.0 Å². The van der Waals surface area contributed by atoms with Gasteiger partial charge in [0.2, 0.25) is 0 Å². The highest BCUT2D eigenvalue weighted by Gasteiger charge is 2.23. The highest BCUT2D eigenvalue weighted by atomic mass is 28.3. The SMILES string of the molecule is CC(=O)C[C@H]1CC[C@H](c2ccc(-c3ccc(-c4nc(-c5ccccc5)cn4COCC[Si](C)(C)C)cn3)cc2)CC1. The molecule has 4 aromatic rings. The molecule has 0 spiro atoms. The maximum atomic E-state index is 11.5. The first kappa shape index (κ1) is 29.1. The van der Waals surface area contributed by atoms with Crippen molar-refractivity contribution in [2.24, 2.45) is 5.92 Å². The zero-order valence-corrected chi connectivity index (χ0v) is 26.0. The van der Waals surface area contributed by atoms with Gasteiger partial charge < -0.3 is 14.1 Å². The van der Waals surface area contributed by atoms with Crippen molar-refractivity contribution in [3.05, 3.63) is 84.7 Å². The van der Waals surface area contributed by atoms with Gasteiger partial charge in [-0.2, -0.15) is 0 Å². The van der Waals surface area contributed by atoms with E-state index in [0.29, 0.717) is 24.3 Å². The molecule has 1 fully saturated rings. The van der Waals surface area contributed by atoms with E-state index in [4.69, 9.17) is 14.7 Å². The van der Waals surface area contributed by atoms with Crippen molar-refractivity contribution in [1.29, 1.82) is 0 Å². The minimum absolute atomic E-state index is 0.322. The molecule has 0 N–H and O–H groups in total. The molecule has 0 aliphatic heterocycles. The number of carbonyl (C=O) groups is 1. The van der Waals surface area contributed by atoms with E-state index in [2.05, 4.69) is 78.9 Å². The van der Waals surface area contributed by atoms with Crippen molar-refractivity contribution in [3.8, 4) is 33.9 Å². The van der Waals surface area contributed by atoms with Crippen LogP contribution in [0.1, 0.15) is 50.5 Å². The summed E-state index contributed by atoms with van der Waals surface area (Å²) in [5.74, 6) is 2.35. The van der Waals surface area contributed by atoms with Crippen molar-refractivity contribution >= 4 is 13.9 Å². The molecule has 0 unspecified atom stereocenters. The second kappa shape index (κ2) is 13.1. The van der Waals surface area contributed by atoms with Gasteiger partial charge >= 0.3 is 0 Å². The normalized spacial score (nSPS) is 17.5. The van der Waals surface area contributed by atoms with E-state index in [0.717, 1.165) is 65.8 Å². The standard InChI is InChI=1S/C35H43N3O2Si/c1-26(39)22-27-10-12-28(13-11-27)29-14-16-31(17-15-29)33-19-18-32(23-36-33)35-37-34(30-8-6-5-7-9-30)24-38(35)25-40-20-21-41(2,3)4/h5-9,14-19,23-24,27-28H,10-13,20-22,25H2,1-4H3/t27-,28-. The van der Waals surface area contributed by atoms with E-state index in [1.807, 2.05) is 24.4 Å². The van der Waals surface area contributed by atoms with Crippen LogP contribution >= 0.6 is 0 Å². The predicted molar refractivity (Wildman–Crippen MR) is 170 cm³/mol. The first-order valence-corrected chi connectivity index (χ1v) is 18.7. The Morgan fingerprint density at radius 1 is 0.878 bits per heavy atom. The Morgan fingerprint density at radius 2 is 1.56 bits per heavy atom. The fourth-order valence-electron chi connectivity index (χ4n) is 5.76. The summed E-state index contributed by atoms with van der Waals surface area (Å²) in [5.41, 5.74) is 6.47. The second-order valence-corrected chi connectivity index (χ2v) is 18.4. The molecule has 0 radical (unpaired) electrons. The number of ether oxygens (including phenoxy) is 1. The van der Waals surface area contributed by atoms with Gasteiger partial charge in [0.15, 0.2) is 0 Å². The summed E-state index contributed by atoms with van der Waals surface area (Å²) < 4.78 is 8.21. The lowest BCUT2D eigenvalue weighted by Crippen LogP contribution is -2.22. The monoisotopic (exact) mass is 565 g/mol. The molecule has 0 atom stereocenters. The van der Waals surface area contributed by atoms with Crippen LogP contribution in [-0.2, 0) is 16.3 Å². The van der Waals surface area contributed by atoms with Crippen LogP contribution in [0.2, 0.25) is 25.7 Å². The lowest BCUT2D eigenvalue weighted by atomic mass is 9.77. The van der Waals surface area contributed by atoms with Crippen LogP contribution in [0.3, 0.4) is 0 Å². The minimum atomic E-state index is -1.15. The highest BCUT2D eigenvalue weighted by molar-refractivity contribution is 6.76. The number of nitrogens with zero attached hydrogens (tertiary/aromatic N) is 3. The molecule has 41 heavy (non-hydrogen) atoms. The number of ketones is 1. The van der Waals surface area contributed by atoms with Crippen LogP contribution in [-0.4, -0.2) is 35.0 Å². The Bertz CT molecular complexity index is 1420. The van der Waals surface area contributed by atoms with Gasteiger partial charge in [0.25, 0.3) is 0 Å².